The highest BCUT2D eigenvalue weighted by Gasteiger charge is 2.31. The average molecular weight is 232 g/mol. The monoisotopic (exact) mass is 232 g/mol. The molecule has 2 aliphatic rings. The SMILES string of the molecule is CCO[C@H]1C[C@@H]2CCCCc3cccc(c32)O1. The van der Waals surface area contributed by atoms with Gasteiger partial charge in [0.2, 0.25) is 0 Å². The van der Waals surface area contributed by atoms with E-state index in [-0.39, 0.29) is 6.29 Å². The molecule has 1 aromatic rings. The summed E-state index contributed by atoms with van der Waals surface area (Å²) in [5.74, 6) is 1.72. The van der Waals surface area contributed by atoms with Gasteiger partial charge in [-0.15, -0.1) is 0 Å². The molecule has 92 valence electrons. The topological polar surface area (TPSA) is 18.5 Å². The van der Waals surface area contributed by atoms with Crippen molar-refractivity contribution in [2.75, 3.05) is 6.61 Å². The molecule has 0 aromatic heterocycles. The highest BCUT2D eigenvalue weighted by molar-refractivity contribution is 5.45. The Balaban J connectivity index is 1.96. The van der Waals surface area contributed by atoms with Crippen LogP contribution in [0.25, 0.3) is 0 Å². The van der Waals surface area contributed by atoms with E-state index in [1.165, 1.54) is 36.8 Å². The summed E-state index contributed by atoms with van der Waals surface area (Å²) in [6.45, 7) is 2.76. The summed E-state index contributed by atoms with van der Waals surface area (Å²) in [6.07, 6.45) is 6.13. The van der Waals surface area contributed by atoms with Crippen LogP contribution in [0.4, 0.5) is 0 Å². The minimum atomic E-state index is -0.0363. The van der Waals surface area contributed by atoms with E-state index in [1.807, 2.05) is 6.92 Å². The molecule has 0 N–H and O–H groups in total. The Morgan fingerprint density at radius 2 is 2.29 bits per heavy atom. The first-order valence-corrected chi connectivity index (χ1v) is 6.78. The van der Waals surface area contributed by atoms with Gasteiger partial charge in [-0.3, -0.25) is 0 Å². The molecule has 0 fully saturated rings. The van der Waals surface area contributed by atoms with Crippen molar-refractivity contribution in [2.45, 2.75) is 51.2 Å². The van der Waals surface area contributed by atoms with Gasteiger partial charge in [0.1, 0.15) is 5.75 Å². The van der Waals surface area contributed by atoms with Gasteiger partial charge in [-0.05, 0) is 43.7 Å². The first-order chi connectivity index (χ1) is 8.38. The third-order valence-corrected chi connectivity index (χ3v) is 3.90. The molecule has 0 spiro atoms. The summed E-state index contributed by atoms with van der Waals surface area (Å²) >= 11 is 0. The number of ether oxygens (including phenoxy) is 2. The molecule has 1 aromatic carbocycles. The van der Waals surface area contributed by atoms with Crippen LogP contribution in [0.15, 0.2) is 18.2 Å². The number of hydrogen-bond acceptors (Lipinski definition) is 2. The van der Waals surface area contributed by atoms with Gasteiger partial charge >= 0.3 is 0 Å². The number of benzene rings is 1. The molecular weight excluding hydrogens is 212 g/mol. The van der Waals surface area contributed by atoms with Crippen molar-refractivity contribution in [1.82, 2.24) is 0 Å². The fourth-order valence-electron chi connectivity index (χ4n) is 3.17. The second-order valence-corrected chi connectivity index (χ2v) is 5.01. The summed E-state index contributed by atoms with van der Waals surface area (Å²) in [5, 5.41) is 0. The van der Waals surface area contributed by atoms with Crippen molar-refractivity contribution in [3.05, 3.63) is 29.3 Å². The van der Waals surface area contributed by atoms with E-state index in [2.05, 4.69) is 18.2 Å². The van der Waals surface area contributed by atoms with E-state index >= 15 is 0 Å². The second kappa shape index (κ2) is 4.69. The lowest BCUT2D eigenvalue weighted by Gasteiger charge is -2.32. The van der Waals surface area contributed by atoms with Crippen LogP contribution in [-0.2, 0) is 11.2 Å². The summed E-state index contributed by atoms with van der Waals surface area (Å²) < 4.78 is 11.6. The molecule has 0 amide bonds. The zero-order chi connectivity index (χ0) is 11.7. The Kier molecular flexibility index (Phi) is 3.06. The van der Waals surface area contributed by atoms with Crippen LogP contribution in [0.2, 0.25) is 0 Å². The van der Waals surface area contributed by atoms with Gasteiger partial charge in [-0.1, -0.05) is 18.6 Å². The Morgan fingerprint density at radius 1 is 1.35 bits per heavy atom. The molecule has 0 bridgehead atoms. The smallest absolute Gasteiger partial charge is 0.200 e. The summed E-state index contributed by atoms with van der Waals surface area (Å²) in [4.78, 5) is 0. The molecule has 2 atom stereocenters. The van der Waals surface area contributed by atoms with Crippen molar-refractivity contribution in [2.24, 2.45) is 0 Å². The zero-order valence-electron chi connectivity index (χ0n) is 10.4. The highest BCUT2D eigenvalue weighted by Crippen LogP contribution is 2.43. The maximum absolute atomic E-state index is 5.95. The van der Waals surface area contributed by atoms with Crippen molar-refractivity contribution >= 4 is 0 Å². The van der Waals surface area contributed by atoms with Crippen LogP contribution in [0.3, 0.4) is 0 Å². The molecule has 3 rings (SSSR count). The molecule has 1 aliphatic heterocycles. The lowest BCUT2D eigenvalue weighted by Crippen LogP contribution is -2.28. The third-order valence-electron chi connectivity index (χ3n) is 3.90. The fraction of sp³-hybridized carbons (Fsp3) is 0.600. The maximum atomic E-state index is 5.95. The minimum Gasteiger partial charge on any atom is -0.465 e. The Bertz CT molecular complexity index is 400. The van der Waals surface area contributed by atoms with Gasteiger partial charge < -0.3 is 9.47 Å². The Labute approximate surface area is 103 Å². The number of hydrogen-bond donors (Lipinski definition) is 0. The highest BCUT2D eigenvalue weighted by atomic mass is 16.7. The third kappa shape index (κ3) is 2.06. The normalized spacial score (nSPS) is 26.9. The fourth-order valence-corrected chi connectivity index (χ4v) is 3.17. The van der Waals surface area contributed by atoms with Gasteiger partial charge in [-0.2, -0.15) is 0 Å². The van der Waals surface area contributed by atoms with Crippen LogP contribution in [0, 0.1) is 0 Å². The van der Waals surface area contributed by atoms with Crippen LogP contribution >= 0.6 is 0 Å². The summed E-state index contributed by atoms with van der Waals surface area (Å²) in [7, 11) is 0. The summed E-state index contributed by atoms with van der Waals surface area (Å²) in [6, 6.07) is 6.48. The van der Waals surface area contributed by atoms with Crippen LogP contribution in [0.5, 0.6) is 5.75 Å². The largest absolute Gasteiger partial charge is 0.465 e. The molecule has 17 heavy (non-hydrogen) atoms. The van der Waals surface area contributed by atoms with E-state index in [4.69, 9.17) is 9.47 Å². The van der Waals surface area contributed by atoms with Gasteiger partial charge in [0.15, 0.2) is 6.29 Å². The van der Waals surface area contributed by atoms with E-state index in [0.717, 1.165) is 18.8 Å². The van der Waals surface area contributed by atoms with E-state index < -0.39 is 0 Å². The molecular formula is C15H20O2. The Hall–Kier alpha value is -1.02. The minimum absolute atomic E-state index is 0.0363. The van der Waals surface area contributed by atoms with Crippen molar-refractivity contribution in [3.8, 4) is 5.75 Å². The molecule has 0 saturated heterocycles. The Morgan fingerprint density at radius 3 is 3.18 bits per heavy atom. The number of rotatable bonds is 2. The van der Waals surface area contributed by atoms with Gasteiger partial charge in [0, 0.05) is 18.6 Å². The average Bonchev–Trinajstić information content (AvgIpc) is 2.54. The standard InChI is InChI=1S/C15H20O2/c1-2-16-14-10-12-7-4-3-6-11-8-5-9-13(17-14)15(11)12/h5,8-9,12,14H,2-4,6-7,10H2,1H3/t12-,14+/m0/s1. The lowest BCUT2D eigenvalue weighted by molar-refractivity contribution is -0.0920. The van der Waals surface area contributed by atoms with Crippen molar-refractivity contribution < 1.29 is 9.47 Å². The van der Waals surface area contributed by atoms with Gasteiger partial charge in [-0.25, -0.2) is 0 Å². The van der Waals surface area contributed by atoms with Crippen molar-refractivity contribution in [1.29, 1.82) is 0 Å². The number of aryl methyl sites for hydroxylation is 1. The van der Waals surface area contributed by atoms with E-state index in [9.17, 15) is 0 Å². The van der Waals surface area contributed by atoms with Crippen LogP contribution in [-0.4, -0.2) is 12.9 Å². The molecule has 0 radical (unpaired) electrons. The van der Waals surface area contributed by atoms with Gasteiger partial charge in [0.05, 0.1) is 0 Å². The second-order valence-electron chi connectivity index (χ2n) is 5.01. The predicted octanol–water partition coefficient (Wildman–Crippen LogP) is 3.64. The van der Waals surface area contributed by atoms with Crippen molar-refractivity contribution in [3.63, 3.8) is 0 Å². The molecule has 1 heterocycles. The maximum Gasteiger partial charge on any atom is 0.200 e. The lowest BCUT2D eigenvalue weighted by atomic mass is 9.87. The van der Waals surface area contributed by atoms with Crippen LogP contribution < -0.4 is 4.74 Å². The molecule has 1 aliphatic carbocycles. The predicted molar refractivity (Wildman–Crippen MR) is 67.4 cm³/mol. The van der Waals surface area contributed by atoms with E-state index in [0.29, 0.717) is 5.92 Å². The van der Waals surface area contributed by atoms with Gasteiger partial charge in [0.25, 0.3) is 0 Å². The molecule has 0 unspecified atom stereocenters. The summed E-state index contributed by atoms with van der Waals surface area (Å²) in [5.41, 5.74) is 2.97. The first kappa shape index (κ1) is 11.1. The molecule has 2 nitrogen and oxygen atoms in total. The zero-order valence-corrected chi connectivity index (χ0v) is 10.4. The quantitative estimate of drug-likeness (QED) is 0.775. The first-order valence-electron chi connectivity index (χ1n) is 6.78. The molecule has 2 heteroatoms. The van der Waals surface area contributed by atoms with E-state index in [1.54, 1.807) is 0 Å². The molecule has 0 saturated carbocycles. The van der Waals surface area contributed by atoms with Crippen LogP contribution in [0.1, 0.15) is 49.7 Å².